The zero-order valence-corrected chi connectivity index (χ0v) is 15.2. The van der Waals surface area contributed by atoms with Gasteiger partial charge in [-0.15, -0.1) is 5.92 Å². The summed E-state index contributed by atoms with van der Waals surface area (Å²) in [5.41, 5.74) is 2.37. The molecule has 2 atom stereocenters. The summed E-state index contributed by atoms with van der Waals surface area (Å²) in [6.45, 7) is 2.29. The molecular weight excluding hydrogens is 308 g/mol. The smallest absolute Gasteiger partial charge is 0.118 e. The van der Waals surface area contributed by atoms with E-state index in [1.165, 1.54) is 5.56 Å². The van der Waals surface area contributed by atoms with E-state index in [9.17, 15) is 5.11 Å². The number of unbranched alkanes of at least 4 members (excludes halogenated alkanes) is 2. The number of hydrogen-bond acceptors (Lipinski definition) is 2. The highest BCUT2D eigenvalue weighted by atomic mass is 16.5. The number of methoxy groups -OCH3 is 1. The van der Waals surface area contributed by atoms with E-state index in [0.29, 0.717) is 0 Å². The fourth-order valence-corrected chi connectivity index (χ4v) is 2.94. The lowest BCUT2D eigenvalue weighted by molar-refractivity contribution is 0.216. The van der Waals surface area contributed by atoms with Crippen molar-refractivity contribution in [3.63, 3.8) is 0 Å². The molecule has 0 bridgehead atoms. The first-order chi connectivity index (χ1) is 12.3. The molecule has 0 amide bonds. The predicted molar refractivity (Wildman–Crippen MR) is 104 cm³/mol. The van der Waals surface area contributed by atoms with E-state index in [2.05, 4.69) is 43.0 Å². The molecule has 0 saturated carbocycles. The van der Waals surface area contributed by atoms with Crippen LogP contribution in [0.5, 0.6) is 5.75 Å². The van der Waals surface area contributed by atoms with Crippen LogP contribution in [0.4, 0.5) is 0 Å². The summed E-state index contributed by atoms with van der Waals surface area (Å²) in [7, 11) is 1.67. The van der Waals surface area contributed by atoms with Crippen LogP contribution < -0.4 is 4.74 Å². The molecule has 0 aliphatic heterocycles. The Morgan fingerprint density at radius 3 is 2.36 bits per heavy atom. The zero-order chi connectivity index (χ0) is 17.9. The predicted octanol–water partition coefficient (Wildman–Crippen LogP) is 4.82. The Kier molecular flexibility index (Phi) is 8.09. The number of benzene rings is 2. The average molecular weight is 336 g/mol. The lowest BCUT2D eigenvalue weighted by Gasteiger charge is -2.22. The third-order valence-electron chi connectivity index (χ3n) is 4.43. The second kappa shape index (κ2) is 10.6. The summed E-state index contributed by atoms with van der Waals surface area (Å²) in [4.78, 5) is 0. The van der Waals surface area contributed by atoms with Crippen LogP contribution in [-0.4, -0.2) is 18.8 Å². The second-order valence-corrected chi connectivity index (χ2v) is 6.31. The van der Waals surface area contributed by atoms with Gasteiger partial charge in [0.2, 0.25) is 0 Å². The monoisotopic (exact) mass is 336 g/mol. The van der Waals surface area contributed by atoms with Crippen molar-refractivity contribution >= 4 is 0 Å². The van der Waals surface area contributed by atoms with Gasteiger partial charge in [0, 0.05) is 18.9 Å². The van der Waals surface area contributed by atoms with Crippen LogP contribution in [0.25, 0.3) is 0 Å². The standard InChI is InChI=1S/C23H28O2/c1-3-4-5-9-12-23(20-13-15-22(25-2)16-14-20)21(18-24)17-19-10-7-6-8-11-19/h6-8,10-11,13-16,21,23-24H,3-5,17-18H2,1-2H3/t21-,23-/m0/s1. The van der Waals surface area contributed by atoms with E-state index in [1.807, 2.05) is 30.3 Å². The zero-order valence-electron chi connectivity index (χ0n) is 15.2. The quantitative estimate of drug-likeness (QED) is 0.553. The Balaban J connectivity index is 2.24. The topological polar surface area (TPSA) is 29.5 Å². The van der Waals surface area contributed by atoms with Gasteiger partial charge < -0.3 is 9.84 Å². The SMILES string of the molecule is CCCCC#C[C@@H](c1ccc(OC)cc1)[C@H](CO)Cc1ccccc1. The van der Waals surface area contributed by atoms with Gasteiger partial charge in [0.25, 0.3) is 0 Å². The molecule has 0 saturated heterocycles. The largest absolute Gasteiger partial charge is 0.497 e. The van der Waals surface area contributed by atoms with Crippen LogP contribution in [-0.2, 0) is 6.42 Å². The lowest BCUT2D eigenvalue weighted by Crippen LogP contribution is -2.18. The second-order valence-electron chi connectivity index (χ2n) is 6.31. The van der Waals surface area contributed by atoms with Gasteiger partial charge in [-0.3, -0.25) is 0 Å². The molecule has 132 valence electrons. The van der Waals surface area contributed by atoms with Crippen molar-refractivity contribution in [1.82, 2.24) is 0 Å². The molecule has 0 aliphatic carbocycles. The summed E-state index contributed by atoms with van der Waals surface area (Å²) in [6, 6.07) is 18.4. The van der Waals surface area contributed by atoms with E-state index in [0.717, 1.165) is 37.0 Å². The van der Waals surface area contributed by atoms with E-state index in [4.69, 9.17) is 4.74 Å². The van der Waals surface area contributed by atoms with Crippen LogP contribution >= 0.6 is 0 Å². The molecule has 0 spiro atoms. The Bertz CT molecular complexity index is 665. The number of aliphatic hydroxyl groups is 1. The van der Waals surface area contributed by atoms with Crippen molar-refractivity contribution in [3.05, 3.63) is 65.7 Å². The fraction of sp³-hybridized carbons (Fsp3) is 0.391. The van der Waals surface area contributed by atoms with E-state index in [-0.39, 0.29) is 18.4 Å². The summed E-state index contributed by atoms with van der Waals surface area (Å²) in [5, 5.41) is 10.0. The van der Waals surface area contributed by atoms with Gasteiger partial charge in [-0.2, -0.15) is 0 Å². The maximum atomic E-state index is 10.0. The normalized spacial score (nSPS) is 12.8. The van der Waals surface area contributed by atoms with Crippen LogP contribution in [0.3, 0.4) is 0 Å². The average Bonchev–Trinajstić information content (AvgIpc) is 2.68. The molecule has 2 aromatic carbocycles. The van der Waals surface area contributed by atoms with Crippen LogP contribution in [0.2, 0.25) is 0 Å². The van der Waals surface area contributed by atoms with Gasteiger partial charge in [0.1, 0.15) is 5.75 Å². The molecule has 2 rings (SSSR count). The minimum Gasteiger partial charge on any atom is -0.497 e. The first-order valence-electron chi connectivity index (χ1n) is 9.05. The lowest BCUT2D eigenvalue weighted by atomic mass is 9.83. The Labute approximate surface area is 151 Å². The molecular formula is C23H28O2. The van der Waals surface area contributed by atoms with Crippen LogP contribution in [0.1, 0.15) is 43.2 Å². The van der Waals surface area contributed by atoms with Gasteiger partial charge in [0.05, 0.1) is 13.0 Å². The maximum Gasteiger partial charge on any atom is 0.118 e. The highest BCUT2D eigenvalue weighted by Crippen LogP contribution is 2.28. The molecule has 0 radical (unpaired) electrons. The minimum absolute atomic E-state index is 0.0213. The van der Waals surface area contributed by atoms with Crippen molar-refractivity contribution in [3.8, 4) is 17.6 Å². The Hall–Kier alpha value is -2.24. The molecule has 0 heterocycles. The molecule has 0 fully saturated rings. The van der Waals surface area contributed by atoms with Crippen molar-refractivity contribution in [1.29, 1.82) is 0 Å². The van der Waals surface area contributed by atoms with Gasteiger partial charge in [-0.05, 0) is 36.1 Å². The minimum atomic E-state index is 0.0213. The number of aliphatic hydroxyl groups excluding tert-OH is 1. The molecule has 0 aliphatic rings. The fourth-order valence-electron chi connectivity index (χ4n) is 2.94. The highest BCUT2D eigenvalue weighted by Gasteiger charge is 2.21. The summed E-state index contributed by atoms with van der Waals surface area (Å²) in [5.74, 6) is 7.68. The highest BCUT2D eigenvalue weighted by molar-refractivity contribution is 5.35. The molecule has 0 unspecified atom stereocenters. The van der Waals surface area contributed by atoms with Crippen molar-refractivity contribution < 1.29 is 9.84 Å². The third kappa shape index (κ3) is 5.96. The summed E-state index contributed by atoms with van der Waals surface area (Å²) >= 11 is 0. The molecule has 2 aromatic rings. The number of rotatable bonds is 8. The first kappa shape index (κ1) is 19.1. The summed E-state index contributed by atoms with van der Waals surface area (Å²) in [6.07, 6.45) is 3.99. The van der Waals surface area contributed by atoms with E-state index in [1.54, 1.807) is 7.11 Å². The van der Waals surface area contributed by atoms with E-state index >= 15 is 0 Å². The van der Waals surface area contributed by atoms with Crippen LogP contribution in [0, 0.1) is 17.8 Å². The molecule has 2 nitrogen and oxygen atoms in total. The molecule has 1 N–H and O–H groups in total. The van der Waals surface area contributed by atoms with E-state index < -0.39 is 0 Å². The van der Waals surface area contributed by atoms with Crippen molar-refractivity contribution in [2.24, 2.45) is 5.92 Å². The van der Waals surface area contributed by atoms with Gasteiger partial charge in [0.15, 0.2) is 0 Å². The number of ether oxygens (including phenoxy) is 1. The first-order valence-corrected chi connectivity index (χ1v) is 9.05. The maximum absolute atomic E-state index is 10.0. The number of hydrogen-bond donors (Lipinski definition) is 1. The van der Waals surface area contributed by atoms with Crippen molar-refractivity contribution in [2.75, 3.05) is 13.7 Å². The third-order valence-corrected chi connectivity index (χ3v) is 4.43. The van der Waals surface area contributed by atoms with Crippen LogP contribution in [0.15, 0.2) is 54.6 Å². The summed E-state index contributed by atoms with van der Waals surface area (Å²) < 4.78 is 5.26. The van der Waals surface area contributed by atoms with Gasteiger partial charge in [-0.25, -0.2) is 0 Å². The molecule has 0 aromatic heterocycles. The van der Waals surface area contributed by atoms with Gasteiger partial charge >= 0.3 is 0 Å². The Morgan fingerprint density at radius 1 is 1.04 bits per heavy atom. The Morgan fingerprint density at radius 2 is 1.76 bits per heavy atom. The van der Waals surface area contributed by atoms with Gasteiger partial charge in [-0.1, -0.05) is 61.7 Å². The molecule has 2 heteroatoms. The van der Waals surface area contributed by atoms with Crippen molar-refractivity contribution in [2.45, 2.75) is 38.5 Å². The molecule has 25 heavy (non-hydrogen) atoms.